The third kappa shape index (κ3) is 2.28. The summed E-state index contributed by atoms with van der Waals surface area (Å²) < 4.78 is 0. The second-order valence-corrected chi connectivity index (χ2v) is 6.03. The first-order valence-electron chi connectivity index (χ1n) is 7.74. The van der Waals surface area contributed by atoms with Gasteiger partial charge in [-0.05, 0) is 67.6 Å². The summed E-state index contributed by atoms with van der Waals surface area (Å²) in [5, 5.41) is 3.56. The van der Waals surface area contributed by atoms with Gasteiger partial charge in [0, 0.05) is 12.2 Å². The number of hydrogen-bond donors (Lipinski definition) is 1. The molecule has 0 atom stereocenters. The van der Waals surface area contributed by atoms with E-state index in [0.717, 1.165) is 18.4 Å². The third-order valence-electron chi connectivity index (χ3n) is 5.00. The van der Waals surface area contributed by atoms with Crippen molar-refractivity contribution in [2.45, 2.75) is 57.8 Å². The molecule has 1 aromatic carbocycles. The van der Waals surface area contributed by atoms with Crippen LogP contribution in [0.5, 0.6) is 0 Å². The van der Waals surface area contributed by atoms with Gasteiger partial charge < -0.3 is 5.32 Å². The summed E-state index contributed by atoms with van der Waals surface area (Å²) in [6.45, 7) is 3.50. The number of rotatable bonds is 2. The summed E-state index contributed by atoms with van der Waals surface area (Å²) >= 11 is 0. The molecular formula is C17H25N. The Balaban J connectivity index is 1.80. The molecule has 0 bridgehead atoms. The van der Waals surface area contributed by atoms with Crippen molar-refractivity contribution in [2.75, 3.05) is 11.9 Å². The molecule has 1 nitrogen and oxygen atoms in total. The number of fused-ring (bicyclic) bond motifs is 1. The van der Waals surface area contributed by atoms with E-state index in [0.29, 0.717) is 0 Å². The van der Waals surface area contributed by atoms with Gasteiger partial charge in [0.2, 0.25) is 0 Å². The van der Waals surface area contributed by atoms with Gasteiger partial charge >= 0.3 is 0 Å². The molecule has 0 aromatic heterocycles. The van der Waals surface area contributed by atoms with E-state index in [1.165, 1.54) is 50.6 Å². The van der Waals surface area contributed by atoms with E-state index < -0.39 is 0 Å². The van der Waals surface area contributed by atoms with Crippen LogP contribution in [0.1, 0.15) is 62.5 Å². The van der Waals surface area contributed by atoms with Crippen molar-refractivity contribution >= 4 is 5.69 Å². The predicted molar refractivity (Wildman–Crippen MR) is 78.2 cm³/mol. The van der Waals surface area contributed by atoms with Crippen LogP contribution in [0.4, 0.5) is 5.69 Å². The molecule has 0 unspecified atom stereocenters. The molecule has 1 heteroatoms. The van der Waals surface area contributed by atoms with Crippen LogP contribution < -0.4 is 5.32 Å². The third-order valence-corrected chi connectivity index (χ3v) is 5.00. The van der Waals surface area contributed by atoms with E-state index in [1.54, 1.807) is 11.1 Å². The second kappa shape index (κ2) is 5.34. The summed E-state index contributed by atoms with van der Waals surface area (Å²) in [4.78, 5) is 0. The molecular weight excluding hydrogens is 218 g/mol. The quantitative estimate of drug-likeness (QED) is 0.792. The summed E-state index contributed by atoms with van der Waals surface area (Å²) in [6.07, 6.45) is 9.67. The number of nitrogens with one attached hydrogen (secondary N) is 1. The molecule has 3 rings (SSSR count). The minimum atomic E-state index is 0.836. The predicted octanol–water partition coefficient (Wildman–Crippen LogP) is 4.73. The van der Waals surface area contributed by atoms with E-state index in [1.807, 2.05) is 0 Å². The Hall–Kier alpha value is -0.980. The van der Waals surface area contributed by atoms with Crippen molar-refractivity contribution in [2.24, 2.45) is 5.92 Å². The van der Waals surface area contributed by atoms with Crippen molar-refractivity contribution < 1.29 is 0 Å². The molecule has 1 aliphatic heterocycles. The zero-order valence-electron chi connectivity index (χ0n) is 11.5. The summed E-state index contributed by atoms with van der Waals surface area (Å²) in [7, 11) is 0. The molecule has 1 heterocycles. The Morgan fingerprint density at radius 3 is 2.78 bits per heavy atom. The van der Waals surface area contributed by atoms with Gasteiger partial charge in [-0.3, -0.25) is 0 Å². The maximum Gasteiger partial charge on any atom is 0.0375 e. The maximum absolute atomic E-state index is 3.56. The fourth-order valence-electron chi connectivity index (χ4n) is 3.80. The summed E-state index contributed by atoms with van der Waals surface area (Å²) in [5.74, 6) is 1.83. The highest BCUT2D eigenvalue weighted by atomic mass is 14.9. The van der Waals surface area contributed by atoms with Gasteiger partial charge in [0.05, 0.1) is 0 Å². The fourth-order valence-corrected chi connectivity index (χ4v) is 3.80. The maximum atomic E-state index is 3.56. The lowest BCUT2D eigenvalue weighted by Gasteiger charge is -2.31. The van der Waals surface area contributed by atoms with Crippen LogP contribution in [0.2, 0.25) is 0 Å². The first-order valence-corrected chi connectivity index (χ1v) is 7.74. The highest BCUT2D eigenvalue weighted by Gasteiger charge is 2.24. The van der Waals surface area contributed by atoms with Crippen LogP contribution >= 0.6 is 0 Å². The molecule has 98 valence electrons. The van der Waals surface area contributed by atoms with Gasteiger partial charge in [0.25, 0.3) is 0 Å². The molecule has 18 heavy (non-hydrogen) atoms. The van der Waals surface area contributed by atoms with E-state index in [4.69, 9.17) is 0 Å². The summed E-state index contributed by atoms with van der Waals surface area (Å²) in [6, 6.07) is 6.90. The Morgan fingerprint density at radius 1 is 1.17 bits per heavy atom. The van der Waals surface area contributed by atoms with E-state index >= 15 is 0 Å². The Kier molecular flexibility index (Phi) is 3.58. The van der Waals surface area contributed by atoms with Gasteiger partial charge in [0.1, 0.15) is 0 Å². The zero-order valence-corrected chi connectivity index (χ0v) is 11.5. The lowest BCUT2D eigenvalue weighted by molar-refractivity contribution is 0.318. The van der Waals surface area contributed by atoms with Crippen molar-refractivity contribution in [1.82, 2.24) is 0 Å². The first-order chi connectivity index (χ1) is 8.88. The van der Waals surface area contributed by atoms with Gasteiger partial charge in [-0.2, -0.15) is 0 Å². The Bertz CT molecular complexity index is 402. The average Bonchev–Trinajstić information content (AvgIpc) is 2.47. The van der Waals surface area contributed by atoms with Crippen LogP contribution in [0.15, 0.2) is 18.2 Å². The molecule has 2 aliphatic rings. The minimum Gasteiger partial charge on any atom is -0.385 e. The van der Waals surface area contributed by atoms with Crippen molar-refractivity contribution in [3.63, 3.8) is 0 Å². The SMILES string of the molecule is CCC1CCC(c2cccc3c2CCCN3)CC1. The first kappa shape index (κ1) is 12.1. The number of hydrogen-bond acceptors (Lipinski definition) is 1. The zero-order chi connectivity index (χ0) is 12.4. The molecule has 0 radical (unpaired) electrons. The van der Waals surface area contributed by atoms with E-state index in [9.17, 15) is 0 Å². The summed E-state index contributed by atoms with van der Waals surface area (Å²) in [5.41, 5.74) is 4.70. The largest absolute Gasteiger partial charge is 0.385 e. The number of benzene rings is 1. The molecule has 1 saturated carbocycles. The molecule has 1 aromatic rings. The van der Waals surface area contributed by atoms with Crippen molar-refractivity contribution in [3.8, 4) is 0 Å². The smallest absolute Gasteiger partial charge is 0.0375 e. The van der Waals surface area contributed by atoms with Crippen LogP contribution in [0.3, 0.4) is 0 Å². The van der Waals surface area contributed by atoms with Crippen LogP contribution in [-0.4, -0.2) is 6.54 Å². The van der Waals surface area contributed by atoms with Crippen LogP contribution in [0.25, 0.3) is 0 Å². The van der Waals surface area contributed by atoms with E-state index in [2.05, 4.69) is 30.4 Å². The van der Waals surface area contributed by atoms with Crippen LogP contribution in [0, 0.1) is 5.92 Å². The fraction of sp³-hybridized carbons (Fsp3) is 0.647. The lowest BCUT2D eigenvalue weighted by Crippen LogP contribution is -2.18. The average molecular weight is 243 g/mol. The van der Waals surface area contributed by atoms with Crippen molar-refractivity contribution in [3.05, 3.63) is 29.3 Å². The monoisotopic (exact) mass is 243 g/mol. The number of anilines is 1. The molecule has 1 N–H and O–H groups in total. The lowest BCUT2D eigenvalue weighted by atomic mass is 9.76. The standard InChI is InChI=1S/C17H25N/c1-2-13-8-10-14(11-9-13)15-5-3-7-17-16(15)6-4-12-18-17/h3,5,7,13-14,18H,2,4,6,8-12H2,1H3. The molecule has 1 aliphatic carbocycles. The molecule has 0 saturated heterocycles. The van der Waals surface area contributed by atoms with Gasteiger partial charge in [0.15, 0.2) is 0 Å². The molecule has 0 spiro atoms. The molecule has 0 amide bonds. The van der Waals surface area contributed by atoms with Crippen molar-refractivity contribution in [1.29, 1.82) is 0 Å². The molecule has 1 fully saturated rings. The van der Waals surface area contributed by atoms with Gasteiger partial charge in [-0.1, -0.05) is 25.5 Å². The topological polar surface area (TPSA) is 12.0 Å². The highest BCUT2D eigenvalue weighted by molar-refractivity contribution is 5.57. The Morgan fingerprint density at radius 2 is 2.00 bits per heavy atom. The normalized spacial score (nSPS) is 27.4. The van der Waals surface area contributed by atoms with Gasteiger partial charge in [-0.25, -0.2) is 0 Å². The Labute approximate surface area is 111 Å². The second-order valence-electron chi connectivity index (χ2n) is 6.03. The van der Waals surface area contributed by atoms with Gasteiger partial charge in [-0.15, -0.1) is 0 Å². The highest BCUT2D eigenvalue weighted by Crippen LogP contribution is 2.40. The minimum absolute atomic E-state index is 0.836. The van der Waals surface area contributed by atoms with Crippen LogP contribution in [-0.2, 0) is 6.42 Å². The van der Waals surface area contributed by atoms with E-state index in [-0.39, 0.29) is 0 Å².